The molecule has 0 aliphatic carbocycles. The molecular weight excluding hydrogens is 261 g/mol. The second-order valence-electron chi connectivity index (χ2n) is 2.95. The monoisotopic (exact) mass is 267 g/mol. The van der Waals surface area contributed by atoms with Gasteiger partial charge in [-0.2, -0.15) is 0 Å². The van der Waals surface area contributed by atoms with E-state index in [9.17, 15) is 0 Å². The van der Waals surface area contributed by atoms with E-state index in [0.717, 1.165) is 5.56 Å². The quantitative estimate of drug-likeness (QED) is 0.790. The van der Waals surface area contributed by atoms with Crippen LogP contribution in [0.2, 0.25) is 0 Å². The summed E-state index contributed by atoms with van der Waals surface area (Å²) in [6, 6.07) is 9.34. The average molecular weight is 268 g/mol. The first-order chi connectivity index (χ1) is 7.20. The lowest BCUT2D eigenvalue weighted by Crippen LogP contribution is -2.29. The molecule has 1 aromatic heterocycles. The van der Waals surface area contributed by atoms with Crippen LogP contribution < -0.4 is 5.66 Å². The smallest absolute Gasteiger partial charge is 0.421 e. The number of halogens is 1. The second kappa shape index (κ2) is 4.18. The van der Waals surface area contributed by atoms with E-state index in [0.29, 0.717) is 10.2 Å². The normalized spacial score (nSPS) is 10.3. The van der Waals surface area contributed by atoms with Crippen LogP contribution in [0.4, 0.5) is 0 Å². The molecule has 2 N–H and O–H groups in total. The van der Waals surface area contributed by atoms with E-state index in [1.807, 2.05) is 30.3 Å². The molecule has 0 saturated carbocycles. The topological polar surface area (TPSA) is 66.5 Å². The average Bonchev–Trinajstić information content (AvgIpc) is 2.61. The van der Waals surface area contributed by atoms with Gasteiger partial charge in [-0.3, -0.25) is 0 Å². The summed E-state index contributed by atoms with van der Waals surface area (Å²) >= 11 is 3.21. The Morgan fingerprint density at radius 3 is 2.40 bits per heavy atom. The van der Waals surface area contributed by atoms with Gasteiger partial charge in [0.15, 0.2) is 5.66 Å². The van der Waals surface area contributed by atoms with E-state index in [2.05, 4.69) is 21.1 Å². The number of nitrogens with zero attached hydrogens (tertiary/aromatic N) is 1. The molecule has 2 rings (SSSR count). The number of benzene rings is 1. The van der Waals surface area contributed by atoms with E-state index in [1.165, 1.54) is 0 Å². The van der Waals surface area contributed by atoms with Crippen molar-refractivity contribution in [2.45, 2.75) is 0 Å². The lowest BCUT2D eigenvalue weighted by Gasteiger charge is -1.95. The molecule has 0 atom stereocenters. The Bertz CT molecular complexity index is 458. The Morgan fingerprint density at radius 2 is 1.87 bits per heavy atom. The van der Waals surface area contributed by atoms with Crippen LogP contribution in [-0.2, 0) is 0 Å². The first-order valence-electron chi connectivity index (χ1n) is 4.27. The number of rotatable bonds is 2. The van der Waals surface area contributed by atoms with Gasteiger partial charge in [0, 0.05) is 5.56 Å². The molecule has 0 bridgehead atoms. The van der Waals surface area contributed by atoms with E-state index >= 15 is 0 Å². The molecule has 15 heavy (non-hydrogen) atoms. The standard InChI is InChI=1S/C9H7BBrNO3/c11-7-8(6-4-2-1-3-5-6)12-15-9(7)10(13)14/h1-5,13-14H. The summed E-state index contributed by atoms with van der Waals surface area (Å²) in [5, 5.41) is 21.7. The molecular formula is C9H7BBrNO3. The van der Waals surface area contributed by atoms with Gasteiger partial charge in [-0.05, 0) is 15.9 Å². The summed E-state index contributed by atoms with van der Waals surface area (Å²) in [6.07, 6.45) is 0. The molecule has 76 valence electrons. The molecule has 0 unspecified atom stereocenters. The summed E-state index contributed by atoms with van der Waals surface area (Å²) in [7, 11) is -1.66. The first kappa shape index (κ1) is 10.4. The fourth-order valence-electron chi connectivity index (χ4n) is 1.23. The fraction of sp³-hybridized carbons (Fsp3) is 0. The van der Waals surface area contributed by atoms with Gasteiger partial charge in [-0.1, -0.05) is 35.5 Å². The van der Waals surface area contributed by atoms with Gasteiger partial charge in [0.2, 0.25) is 0 Å². The SMILES string of the molecule is OB(O)c1onc(-c2ccccc2)c1Br. The van der Waals surface area contributed by atoms with Crippen LogP contribution in [0.3, 0.4) is 0 Å². The molecule has 2 aromatic rings. The summed E-state index contributed by atoms with van der Waals surface area (Å²) < 4.78 is 5.28. The van der Waals surface area contributed by atoms with Crippen LogP contribution in [0.1, 0.15) is 0 Å². The number of hydrogen-bond acceptors (Lipinski definition) is 4. The highest BCUT2D eigenvalue weighted by atomic mass is 79.9. The Hall–Kier alpha value is -1.11. The summed E-state index contributed by atoms with van der Waals surface area (Å²) in [6.45, 7) is 0. The number of hydrogen-bond donors (Lipinski definition) is 2. The molecule has 1 heterocycles. The highest BCUT2D eigenvalue weighted by Gasteiger charge is 2.24. The maximum atomic E-state index is 8.96. The molecule has 0 radical (unpaired) electrons. The van der Waals surface area contributed by atoms with Gasteiger partial charge < -0.3 is 14.6 Å². The van der Waals surface area contributed by atoms with Crippen LogP contribution in [0.15, 0.2) is 39.3 Å². The van der Waals surface area contributed by atoms with Crippen LogP contribution in [-0.4, -0.2) is 22.3 Å². The van der Waals surface area contributed by atoms with Crippen molar-refractivity contribution in [1.82, 2.24) is 5.16 Å². The molecule has 0 fully saturated rings. The predicted molar refractivity (Wildman–Crippen MR) is 59.5 cm³/mol. The minimum absolute atomic E-state index is 0.00820. The van der Waals surface area contributed by atoms with E-state index < -0.39 is 7.12 Å². The Morgan fingerprint density at radius 1 is 1.20 bits per heavy atom. The lowest BCUT2D eigenvalue weighted by molar-refractivity contribution is 0.383. The molecule has 0 spiro atoms. The zero-order valence-corrected chi connectivity index (χ0v) is 9.18. The molecule has 0 aliphatic heterocycles. The van der Waals surface area contributed by atoms with Crippen molar-refractivity contribution in [3.8, 4) is 11.3 Å². The third-order valence-corrected chi connectivity index (χ3v) is 2.71. The molecule has 0 aliphatic rings. The minimum atomic E-state index is -1.66. The van der Waals surface area contributed by atoms with Gasteiger partial charge >= 0.3 is 7.12 Å². The molecule has 6 heteroatoms. The van der Waals surface area contributed by atoms with Gasteiger partial charge in [-0.25, -0.2) is 0 Å². The van der Waals surface area contributed by atoms with Crippen molar-refractivity contribution in [1.29, 1.82) is 0 Å². The third kappa shape index (κ3) is 1.97. The molecule has 1 aromatic carbocycles. The Labute approximate surface area is 94.8 Å². The number of aromatic nitrogens is 1. The highest BCUT2D eigenvalue weighted by molar-refractivity contribution is 9.10. The zero-order valence-electron chi connectivity index (χ0n) is 7.59. The van der Waals surface area contributed by atoms with Crippen molar-refractivity contribution >= 4 is 28.7 Å². The summed E-state index contributed by atoms with van der Waals surface area (Å²) in [4.78, 5) is 0. The largest absolute Gasteiger partial charge is 0.530 e. The van der Waals surface area contributed by atoms with Gasteiger partial charge in [0.05, 0.1) is 4.47 Å². The summed E-state index contributed by atoms with van der Waals surface area (Å²) in [5.74, 6) is 0. The summed E-state index contributed by atoms with van der Waals surface area (Å²) in [5.41, 5.74) is 1.41. The molecule has 0 saturated heterocycles. The van der Waals surface area contributed by atoms with Crippen molar-refractivity contribution in [3.63, 3.8) is 0 Å². The predicted octanol–water partition coefficient (Wildman–Crippen LogP) is 0.784. The second-order valence-corrected chi connectivity index (χ2v) is 3.74. The Kier molecular flexibility index (Phi) is 2.90. The van der Waals surface area contributed by atoms with Crippen LogP contribution in [0.25, 0.3) is 11.3 Å². The van der Waals surface area contributed by atoms with Crippen LogP contribution in [0.5, 0.6) is 0 Å². The van der Waals surface area contributed by atoms with Crippen molar-refractivity contribution < 1.29 is 14.6 Å². The van der Waals surface area contributed by atoms with Gasteiger partial charge in [0.25, 0.3) is 0 Å². The van der Waals surface area contributed by atoms with Crippen molar-refractivity contribution in [2.75, 3.05) is 0 Å². The maximum absolute atomic E-state index is 8.96. The third-order valence-electron chi connectivity index (χ3n) is 1.94. The first-order valence-corrected chi connectivity index (χ1v) is 5.06. The zero-order chi connectivity index (χ0) is 10.8. The van der Waals surface area contributed by atoms with Crippen LogP contribution >= 0.6 is 15.9 Å². The molecule has 4 nitrogen and oxygen atoms in total. The fourth-order valence-corrected chi connectivity index (χ4v) is 1.81. The van der Waals surface area contributed by atoms with Crippen molar-refractivity contribution in [2.24, 2.45) is 0 Å². The van der Waals surface area contributed by atoms with E-state index in [4.69, 9.17) is 14.6 Å². The van der Waals surface area contributed by atoms with Gasteiger partial charge in [0.1, 0.15) is 5.69 Å². The van der Waals surface area contributed by atoms with E-state index in [1.54, 1.807) is 0 Å². The maximum Gasteiger partial charge on any atom is 0.530 e. The van der Waals surface area contributed by atoms with Gasteiger partial charge in [-0.15, -0.1) is 0 Å². The van der Waals surface area contributed by atoms with E-state index in [-0.39, 0.29) is 5.66 Å². The highest BCUT2D eigenvalue weighted by Crippen LogP contribution is 2.24. The Balaban J connectivity index is 2.47. The molecule has 0 amide bonds. The minimum Gasteiger partial charge on any atom is -0.421 e. The lowest BCUT2D eigenvalue weighted by atomic mass is 9.87. The van der Waals surface area contributed by atoms with Crippen molar-refractivity contribution in [3.05, 3.63) is 34.8 Å². The van der Waals surface area contributed by atoms with Crippen LogP contribution in [0, 0.1) is 0 Å².